The van der Waals surface area contributed by atoms with Crippen molar-refractivity contribution in [2.24, 2.45) is 5.10 Å². The zero-order valence-corrected chi connectivity index (χ0v) is 17.2. The van der Waals surface area contributed by atoms with Crippen molar-refractivity contribution in [2.45, 2.75) is 5.41 Å². The summed E-state index contributed by atoms with van der Waals surface area (Å²) in [7, 11) is 0. The molecule has 0 bridgehead atoms. The van der Waals surface area contributed by atoms with Crippen molar-refractivity contribution in [3.8, 4) is 0 Å². The van der Waals surface area contributed by atoms with Crippen LogP contribution in [0.2, 0.25) is 0 Å². The van der Waals surface area contributed by atoms with Crippen molar-refractivity contribution >= 4 is 17.4 Å². The van der Waals surface area contributed by atoms with Gasteiger partial charge in [0.1, 0.15) is 11.1 Å². The summed E-state index contributed by atoms with van der Waals surface area (Å²) >= 11 is 0. The Hall–Kier alpha value is -4.31. The molecule has 4 aromatic carbocycles. The Labute approximate surface area is 186 Å². The predicted octanol–water partition coefficient (Wildman–Crippen LogP) is 4.74. The van der Waals surface area contributed by atoms with E-state index >= 15 is 0 Å². The van der Waals surface area contributed by atoms with Gasteiger partial charge in [-0.05, 0) is 28.8 Å². The average Bonchev–Trinajstić information content (AvgIpc) is 3.12. The molecule has 1 aliphatic rings. The Morgan fingerprint density at radius 1 is 0.656 bits per heavy atom. The van der Waals surface area contributed by atoms with Crippen LogP contribution in [0.25, 0.3) is 0 Å². The van der Waals surface area contributed by atoms with E-state index in [0.29, 0.717) is 5.56 Å². The first-order valence-corrected chi connectivity index (χ1v) is 10.4. The monoisotopic (exact) mass is 416 g/mol. The normalized spacial score (nSPS) is 15.4. The zero-order valence-electron chi connectivity index (χ0n) is 17.2. The molecule has 0 saturated heterocycles. The van der Waals surface area contributed by atoms with Gasteiger partial charge in [0.2, 0.25) is 5.78 Å². The quantitative estimate of drug-likeness (QED) is 0.489. The van der Waals surface area contributed by atoms with Gasteiger partial charge in [-0.3, -0.25) is 9.59 Å². The lowest BCUT2D eigenvalue weighted by Gasteiger charge is -2.29. The smallest absolute Gasteiger partial charge is 0.271 e. The lowest BCUT2D eigenvalue weighted by molar-refractivity contribution is -0.115. The standard InChI is InChI=1S/C28H20N2O2/c31-26-25(29-30-27(32)20-12-4-1-5-13-20)23-18-10-11-19-24(23)28(26,21-14-6-2-7-15-21)22-16-8-3-9-17-22/h1-19H,(H,30,32)/b29-25+. The fourth-order valence-electron chi connectivity index (χ4n) is 4.43. The first-order chi connectivity index (χ1) is 15.7. The highest BCUT2D eigenvalue weighted by atomic mass is 16.2. The van der Waals surface area contributed by atoms with E-state index in [9.17, 15) is 9.59 Å². The molecule has 0 radical (unpaired) electrons. The molecule has 1 amide bonds. The van der Waals surface area contributed by atoms with Crippen LogP contribution in [0.3, 0.4) is 0 Å². The summed E-state index contributed by atoms with van der Waals surface area (Å²) in [6.07, 6.45) is 0. The Kier molecular flexibility index (Phi) is 4.96. The highest BCUT2D eigenvalue weighted by Crippen LogP contribution is 2.46. The van der Waals surface area contributed by atoms with Crippen LogP contribution in [0.5, 0.6) is 0 Å². The van der Waals surface area contributed by atoms with Crippen LogP contribution >= 0.6 is 0 Å². The molecule has 0 aliphatic heterocycles. The van der Waals surface area contributed by atoms with Gasteiger partial charge in [-0.2, -0.15) is 5.10 Å². The molecule has 0 aromatic heterocycles. The van der Waals surface area contributed by atoms with Crippen LogP contribution in [-0.4, -0.2) is 17.4 Å². The van der Waals surface area contributed by atoms with Crippen LogP contribution in [0, 0.1) is 0 Å². The second kappa shape index (κ2) is 8.08. The maximum Gasteiger partial charge on any atom is 0.271 e. The van der Waals surface area contributed by atoms with Crippen LogP contribution in [0.15, 0.2) is 120 Å². The molecule has 1 N–H and O–H groups in total. The van der Waals surface area contributed by atoms with Crippen molar-refractivity contribution in [1.82, 2.24) is 5.43 Å². The van der Waals surface area contributed by atoms with Crippen molar-refractivity contribution in [3.05, 3.63) is 143 Å². The third-order valence-electron chi connectivity index (χ3n) is 5.86. The van der Waals surface area contributed by atoms with Crippen LogP contribution in [-0.2, 0) is 10.2 Å². The zero-order chi connectivity index (χ0) is 22.0. The summed E-state index contributed by atoms with van der Waals surface area (Å²) in [4.78, 5) is 26.7. The molecule has 0 unspecified atom stereocenters. The van der Waals surface area contributed by atoms with E-state index in [1.807, 2.05) is 91.0 Å². The number of fused-ring (bicyclic) bond motifs is 1. The van der Waals surface area contributed by atoms with Crippen LogP contribution in [0.4, 0.5) is 0 Å². The molecule has 154 valence electrons. The Morgan fingerprint density at radius 3 is 1.75 bits per heavy atom. The first-order valence-electron chi connectivity index (χ1n) is 10.4. The molecular formula is C28H20N2O2. The van der Waals surface area contributed by atoms with Gasteiger partial charge < -0.3 is 0 Å². The van der Waals surface area contributed by atoms with Crippen molar-refractivity contribution in [2.75, 3.05) is 0 Å². The predicted molar refractivity (Wildman–Crippen MR) is 125 cm³/mol. The number of benzene rings is 4. The second-order valence-corrected chi connectivity index (χ2v) is 7.62. The largest absolute Gasteiger partial charge is 0.291 e. The molecule has 1 aliphatic carbocycles. The van der Waals surface area contributed by atoms with Crippen molar-refractivity contribution in [1.29, 1.82) is 0 Å². The summed E-state index contributed by atoms with van der Waals surface area (Å²) in [5, 5.41) is 4.34. The number of hydrogen-bond donors (Lipinski definition) is 1. The van der Waals surface area contributed by atoms with Crippen LogP contribution < -0.4 is 5.43 Å². The van der Waals surface area contributed by atoms with Gasteiger partial charge in [0.25, 0.3) is 5.91 Å². The number of Topliss-reactive ketones (excluding diaryl/α,β-unsaturated/α-hetero) is 1. The van der Waals surface area contributed by atoms with E-state index in [-0.39, 0.29) is 17.4 Å². The van der Waals surface area contributed by atoms with Crippen molar-refractivity contribution < 1.29 is 9.59 Å². The van der Waals surface area contributed by atoms with Crippen molar-refractivity contribution in [3.63, 3.8) is 0 Å². The third kappa shape index (κ3) is 3.05. The maximum absolute atomic E-state index is 14.2. The molecule has 0 fully saturated rings. The molecule has 32 heavy (non-hydrogen) atoms. The SMILES string of the molecule is O=C(N/N=C1/C(=O)C(c2ccccc2)(c2ccccc2)c2ccccc21)c1ccccc1. The van der Waals surface area contributed by atoms with E-state index in [4.69, 9.17) is 0 Å². The molecule has 0 heterocycles. The number of carbonyl (C=O) groups excluding carboxylic acids is 2. The van der Waals surface area contributed by atoms with E-state index < -0.39 is 5.41 Å². The second-order valence-electron chi connectivity index (χ2n) is 7.62. The van der Waals surface area contributed by atoms with E-state index in [1.165, 1.54) is 0 Å². The summed E-state index contributed by atoms with van der Waals surface area (Å²) in [5.74, 6) is -0.523. The molecule has 0 spiro atoms. The molecule has 4 heteroatoms. The van der Waals surface area contributed by atoms with Gasteiger partial charge in [0.05, 0.1) is 0 Å². The van der Waals surface area contributed by atoms with Gasteiger partial charge in [-0.1, -0.05) is 103 Å². The van der Waals surface area contributed by atoms with Gasteiger partial charge in [0.15, 0.2) is 0 Å². The van der Waals surface area contributed by atoms with Crippen LogP contribution in [0.1, 0.15) is 32.6 Å². The van der Waals surface area contributed by atoms with E-state index in [2.05, 4.69) is 10.5 Å². The Balaban J connectivity index is 1.68. The van der Waals surface area contributed by atoms with Gasteiger partial charge >= 0.3 is 0 Å². The molecule has 0 saturated carbocycles. The fourth-order valence-corrected chi connectivity index (χ4v) is 4.43. The summed E-state index contributed by atoms with van der Waals surface area (Å²) in [6, 6.07) is 35.9. The van der Waals surface area contributed by atoms with E-state index in [1.54, 1.807) is 24.3 Å². The number of rotatable bonds is 4. The summed E-state index contributed by atoms with van der Waals surface area (Å²) in [5.41, 5.74) is 5.58. The minimum Gasteiger partial charge on any atom is -0.291 e. The van der Waals surface area contributed by atoms with Gasteiger partial charge in [0, 0.05) is 11.1 Å². The number of hydrazone groups is 1. The molecule has 4 aromatic rings. The lowest BCUT2D eigenvalue weighted by atomic mass is 9.69. The average molecular weight is 416 g/mol. The molecular weight excluding hydrogens is 396 g/mol. The fraction of sp³-hybridized carbons (Fsp3) is 0.0357. The number of amides is 1. The number of hydrogen-bond acceptors (Lipinski definition) is 3. The minimum absolute atomic E-state index is 0.163. The number of ketones is 1. The Bertz CT molecular complexity index is 1270. The Morgan fingerprint density at radius 2 is 1.16 bits per heavy atom. The topological polar surface area (TPSA) is 58.5 Å². The molecule has 4 nitrogen and oxygen atoms in total. The highest BCUT2D eigenvalue weighted by Gasteiger charge is 2.52. The number of nitrogens with zero attached hydrogens (tertiary/aromatic N) is 1. The molecule has 5 rings (SSSR count). The third-order valence-corrected chi connectivity index (χ3v) is 5.86. The first kappa shape index (κ1) is 19.6. The molecule has 0 atom stereocenters. The summed E-state index contributed by atoms with van der Waals surface area (Å²) in [6.45, 7) is 0. The van der Waals surface area contributed by atoms with Gasteiger partial charge in [-0.25, -0.2) is 5.43 Å². The number of carbonyl (C=O) groups is 2. The van der Waals surface area contributed by atoms with E-state index in [0.717, 1.165) is 22.3 Å². The summed E-state index contributed by atoms with van der Waals surface area (Å²) < 4.78 is 0. The van der Waals surface area contributed by atoms with Gasteiger partial charge in [-0.15, -0.1) is 0 Å². The lowest BCUT2D eigenvalue weighted by Crippen LogP contribution is -2.37. The number of nitrogens with one attached hydrogen (secondary N) is 1. The minimum atomic E-state index is -1.03. The maximum atomic E-state index is 14.2. The highest BCUT2D eigenvalue weighted by molar-refractivity contribution is 6.54.